The Morgan fingerprint density at radius 3 is 2.72 bits per heavy atom. The number of carbonyl (C=O) groups excluding carboxylic acids is 1. The van der Waals surface area contributed by atoms with Gasteiger partial charge in [0.2, 0.25) is 0 Å². The first-order valence-corrected chi connectivity index (χ1v) is 10.8. The number of aromatic nitrogens is 1. The van der Waals surface area contributed by atoms with Crippen LogP contribution in [0.3, 0.4) is 0 Å². The number of nitrogens with zero attached hydrogens (tertiary/aromatic N) is 2. The molecule has 1 fully saturated rings. The zero-order valence-electron chi connectivity index (χ0n) is 16.5. The molecular weight excluding hydrogens is 382 g/mol. The normalized spacial score (nSPS) is 14.7. The summed E-state index contributed by atoms with van der Waals surface area (Å²) in [6.07, 6.45) is 11.0. The third kappa shape index (κ3) is 4.88. The molecule has 1 saturated carbocycles. The molecule has 0 unspecified atom stereocenters. The van der Waals surface area contributed by atoms with Gasteiger partial charge >= 0.3 is 6.03 Å². The molecule has 0 saturated heterocycles. The van der Waals surface area contributed by atoms with Gasteiger partial charge in [-0.1, -0.05) is 74.0 Å². The van der Waals surface area contributed by atoms with Crippen molar-refractivity contribution in [1.29, 1.82) is 0 Å². The lowest BCUT2D eigenvalue weighted by molar-refractivity contribution is 0.255. The highest BCUT2D eigenvalue weighted by Crippen LogP contribution is 2.29. The predicted octanol–water partition coefficient (Wildman–Crippen LogP) is 6.90. The average molecular weight is 408 g/mol. The van der Waals surface area contributed by atoms with Crippen LogP contribution >= 0.6 is 11.6 Å². The second kappa shape index (κ2) is 9.27. The quantitative estimate of drug-likeness (QED) is 0.500. The molecule has 150 valence electrons. The fourth-order valence-electron chi connectivity index (χ4n) is 4.18. The molecule has 4 nitrogen and oxygen atoms in total. The van der Waals surface area contributed by atoms with Crippen molar-refractivity contribution < 1.29 is 4.79 Å². The summed E-state index contributed by atoms with van der Waals surface area (Å²) in [7, 11) is 0. The minimum atomic E-state index is -0.152. The van der Waals surface area contributed by atoms with Crippen LogP contribution in [-0.4, -0.2) is 17.6 Å². The maximum absolute atomic E-state index is 13.3. The highest BCUT2D eigenvalue weighted by atomic mass is 35.5. The highest BCUT2D eigenvalue weighted by molar-refractivity contribution is 6.31. The summed E-state index contributed by atoms with van der Waals surface area (Å²) in [4.78, 5) is 19.4. The zero-order chi connectivity index (χ0) is 20.1. The number of nitrogens with one attached hydrogen (secondary N) is 1. The molecule has 5 heteroatoms. The van der Waals surface area contributed by atoms with Crippen LogP contribution in [0.25, 0.3) is 10.8 Å². The number of urea groups is 1. The Kier molecular flexibility index (Phi) is 6.30. The zero-order valence-corrected chi connectivity index (χ0v) is 17.2. The molecule has 2 aromatic carbocycles. The van der Waals surface area contributed by atoms with Crippen molar-refractivity contribution in [2.45, 2.75) is 38.5 Å². The fraction of sp³-hybridized carbons (Fsp3) is 0.333. The minimum absolute atomic E-state index is 0.152. The van der Waals surface area contributed by atoms with Gasteiger partial charge in [0, 0.05) is 34.2 Å². The molecule has 3 aromatic rings. The molecule has 1 aliphatic carbocycles. The van der Waals surface area contributed by atoms with Gasteiger partial charge in [-0.3, -0.25) is 9.88 Å². The van der Waals surface area contributed by atoms with Crippen LogP contribution in [0.1, 0.15) is 38.5 Å². The van der Waals surface area contributed by atoms with E-state index in [-0.39, 0.29) is 6.03 Å². The molecule has 1 heterocycles. The van der Waals surface area contributed by atoms with Gasteiger partial charge in [-0.05, 0) is 30.5 Å². The molecule has 4 rings (SSSR count). The molecule has 0 aliphatic heterocycles. The number of amides is 2. The van der Waals surface area contributed by atoms with Crippen LogP contribution in [0.2, 0.25) is 5.02 Å². The molecule has 1 aromatic heterocycles. The van der Waals surface area contributed by atoms with E-state index in [9.17, 15) is 4.79 Å². The molecule has 0 radical (unpaired) electrons. The Balaban J connectivity index is 1.56. The number of fused-ring (bicyclic) bond motifs is 1. The second-order valence-electron chi connectivity index (χ2n) is 7.76. The minimum Gasteiger partial charge on any atom is -0.305 e. The van der Waals surface area contributed by atoms with Crippen molar-refractivity contribution in [1.82, 2.24) is 4.98 Å². The third-order valence-corrected chi connectivity index (χ3v) is 6.00. The van der Waals surface area contributed by atoms with E-state index < -0.39 is 0 Å². The Morgan fingerprint density at radius 2 is 1.90 bits per heavy atom. The van der Waals surface area contributed by atoms with Crippen molar-refractivity contribution in [3.63, 3.8) is 0 Å². The van der Waals surface area contributed by atoms with E-state index in [4.69, 9.17) is 11.6 Å². The van der Waals surface area contributed by atoms with Crippen molar-refractivity contribution >= 4 is 39.8 Å². The lowest BCUT2D eigenvalue weighted by Gasteiger charge is -2.27. The summed E-state index contributed by atoms with van der Waals surface area (Å²) in [5.41, 5.74) is 1.54. The first kappa shape index (κ1) is 19.7. The van der Waals surface area contributed by atoms with E-state index >= 15 is 0 Å². The SMILES string of the molecule is O=C(Nc1cncc2ccccc12)N(CCC1CCCCC1)c1cccc(Cl)c1. The molecule has 2 amide bonds. The van der Waals surface area contributed by atoms with Crippen molar-refractivity contribution in [2.24, 2.45) is 5.92 Å². The number of anilines is 2. The second-order valence-corrected chi connectivity index (χ2v) is 8.20. The topological polar surface area (TPSA) is 45.2 Å². The van der Waals surface area contributed by atoms with Crippen molar-refractivity contribution in [2.75, 3.05) is 16.8 Å². The first-order valence-electron chi connectivity index (χ1n) is 10.4. The number of hydrogen-bond donors (Lipinski definition) is 1. The van der Waals surface area contributed by atoms with E-state index in [0.717, 1.165) is 28.6 Å². The predicted molar refractivity (Wildman–Crippen MR) is 121 cm³/mol. The van der Waals surface area contributed by atoms with E-state index in [1.54, 1.807) is 6.20 Å². The number of carbonyl (C=O) groups is 1. The first-order chi connectivity index (χ1) is 14.2. The van der Waals surface area contributed by atoms with Crippen molar-refractivity contribution in [3.05, 3.63) is 65.9 Å². The summed E-state index contributed by atoms with van der Waals surface area (Å²) in [6.45, 7) is 0.676. The van der Waals surface area contributed by atoms with Crippen molar-refractivity contribution in [3.8, 4) is 0 Å². The maximum atomic E-state index is 13.3. The number of benzene rings is 2. The Labute approximate surface area is 176 Å². The van der Waals surface area contributed by atoms with Crippen LogP contribution in [0.5, 0.6) is 0 Å². The summed E-state index contributed by atoms with van der Waals surface area (Å²) < 4.78 is 0. The van der Waals surface area contributed by atoms with Gasteiger partial charge in [0.15, 0.2) is 0 Å². The van der Waals surface area contributed by atoms with Crippen LogP contribution in [0, 0.1) is 5.92 Å². The smallest absolute Gasteiger partial charge is 0.305 e. The fourth-order valence-corrected chi connectivity index (χ4v) is 4.36. The Morgan fingerprint density at radius 1 is 1.07 bits per heavy atom. The maximum Gasteiger partial charge on any atom is 0.326 e. The van der Waals surface area contributed by atoms with Gasteiger partial charge < -0.3 is 5.32 Å². The van der Waals surface area contributed by atoms with Crippen LogP contribution in [-0.2, 0) is 0 Å². The number of pyridine rings is 1. The summed E-state index contributed by atoms with van der Waals surface area (Å²) in [5.74, 6) is 0.692. The van der Waals surface area contributed by atoms with Gasteiger partial charge in [0.25, 0.3) is 0 Å². The van der Waals surface area contributed by atoms with E-state index in [0.29, 0.717) is 17.5 Å². The van der Waals surface area contributed by atoms with Gasteiger partial charge in [-0.2, -0.15) is 0 Å². The number of halogens is 1. The summed E-state index contributed by atoms with van der Waals surface area (Å²) >= 11 is 6.21. The molecule has 0 bridgehead atoms. The molecule has 0 atom stereocenters. The van der Waals surface area contributed by atoms with Gasteiger partial charge in [0.1, 0.15) is 0 Å². The van der Waals surface area contributed by atoms with Gasteiger partial charge in [-0.25, -0.2) is 4.79 Å². The lowest BCUT2D eigenvalue weighted by Crippen LogP contribution is -2.36. The Bertz CT molecular complexity index is 979. The van der Waals surface area contributed by atoms with Gasteiger partial charge in [-0.15, -0.1) is 0 Å². The number of rotatable bonds is 5. The molecule has 0 spiro atoms. The molecule has 29 heavy (non-hydrogen) atoms. The number of hydrogen-bond acceptors (Lipinski definition) is 2. The third-order valence-electron chi connectivity index (χ3n) is 5.76. The van der Waals surface area contributed by atoms with Crippen LogP contribution in [0.4, 0.5) is 16.2 Å². The lowest BCUT2D eigenvalue weighted by atomic mass is 9.87. The summed E-state index contributed by atoms with van der Waals surface area (Å²) in [6, 6.07) is 15.3. The Hall–Kier alpha value is -2.59. The monoisotopic (exact) mass is 407 g/mol. The molecule has 1 N–H and O–H groups in total. The highest BCUT2D eigenvalue weighted by Gasteiger charge is 2.20. The van der Waals surface area contributed by atoms with Crippen LogP contribution in [0.15, 0.2) is 60.9 Å². The van der Waals surface area contributed by atoms with E-state index in [1.165, 1.54) is 32.1 Å². The largest absolute Gasteiger partial charge is 0.326 e. The summed E-state index contributed by atoms with van der Waals surface area (Å²) in [5, 5.41) is 5.68. The molecular formula is C24H26ClN3O. The van der Waals surface area contributed by atoms with Crippen LogP contribution < -0.4 is 10.2 Å². The van der Waals surface area contributed by atoms with E-state index in [2.05, 4.69) is 10.3 Å². The van der Waals surface area contributed by atoms with E-state index in [1.807, 2.05) is 59.6 Å². The van der Waals surface area contributed by atoms with Gasteiger partial charge in [0.05, 0.1) is 11.9 Å². The molecule has 1 aliphatic rings. The standard InChI is InChI=1S/C24H26ClN3O/c25-20-10-6-11-21(15-20)28(14-13-18-7-2-1-3-8-18)24(29)27-23-17-26-16-19-9-4-5-12-22(19)23/h4-6,9-12,15-18H,1-3,7-8,13-14H2,(H,27,29). The average Bonchev–Trinajstić information content (AvgIpc) is 2.75.